The molecular formula is C14H20Cl2N2O. The second-order valence-electron chi connectivity index (χ2n) is 4.96. The van der Waals surface area contributed by atoms with E-state index in [1.54, 1.807) is 12.1 Å². The van der Waals surface area contributed by atoms with Crippen LogP contribution in [-0.4, -0.2) is 30.4 Å². The number of benzene rings is 1. The highest BCUT2D eigenvalue weighted by atomic mass is 35.5. The molecule has 1 rings (SSSR count). The minimum Gasteiger partial charge on any atom is -0.348 e. The molecule has 0 radical (unpaired) electrons. The molecule has 0 bridgehead atoms. The molecule has 0 spiro atoms. The number of amides is 1. The minimum atomic E-state index is -0.141. The van der Waals surface area contributed by atoms with Crippen LogP contribution in [0.5, 0.6) is 0 Å². The molecule has 0 fully saturated rings. The lowest BCUT2D eigenvalue weighted by molar-refractivity contribution is -0.122. The van der Waals surface area contributed by atoms with E-state index in [1.165, 1.54) is 0 Å². The van der Waals surface area contributed by atoms with Gasteiger partial charge in [0, 0.05) is 16.1 Å². The molecule has 19 heavy (non-hydrogen) atoms. The second kappa shape index (κ2) is 7.13. The topological polar surface area (TPSA) is 32.3 Å². The van der Waals surface area contributed by atoms with Crippen molar-refractivity contribution in [3.8, 4) is 0 Å². The van der Waals surface area contributed by atoms with Crippen LogP contribution in [0.1, 0.15) is 32.4 Å². The Kier molecular flexibility index (Phi) is 6.11. The maximum atomic E-state index is 11.9. The first-order valence-electron chi connectivity index (χ1n) is 6.25. The van der Waals surface area contributed by atoms with Crippen LogP contribution in [0.4, 0.5) is 0 Å². The van der Waals surface area contributed by atoms with Gasteiger partial charge in [-0.25, -0.2) is 0 Å². The summed E-state index contributed by atoms with van der Waals surface area (Å²) < 4.78 is 0. The summed E-state index contributed by atoms with van der Waals surface area (Å²) in [5.41, 5.74) is 0.867. The van der Waals surface area contributed by atoms with Gasteiger partial charge in [0.05, 0.1) is 12.6 Å². The Labute approximate surface area is 124 Å². The number of hydrogen-bond donors (Lipinski definition) is 1. The summed E-state index contributed by atoms with van der Waals surface area (Å²) in [6.07, 6.45) is 0. The standard InChI is InChI=1S/C14H20Cl2N2O/c1-9(2)18(4)8-14(19)17-10(3)12-6-5-11(15)7-13(12)16/h5-7,9-10H,8H2,1-4H3,(H,17,19). The largest absolute Gasteiger partial charge is 0.348 e. The third-order valence-corrected chi connectivity index (χ3v) is 3.64. The number of likely N-dealkylation sites (N-methyl/N-ethyl adjacent to an activating group) is 1. The van der Waals surface area contributed by atoms with E-state index in [9.17, 15) is 4.79 Å². The van der Waals surface area contributed by atoms with Gasteiger partial charge in [-0.1, -0.05) is 29.3 Å². The number of nitrogens with zero attached hydrogens (tertiary/aromatic N) is 1. The van der Waals surface area contributed by atoms with Gasteiger partial charge in [0.15, 0.2) is 0 Å². The molecular weight excluding hydrogens is 283 g/mol. The van der Waals surface area contributed by atoms with Crippen LogP contribution in [0.2, 0.25) is 10.0 Å². The maximum absolute atomic E-state index is 11.9. The van der Waals surface area contributed by atoms with Crippen LogP contribution < -0.4 is 5.32 Å². The molecule has 0 aliphatic heterocycles. The van der Waals surface area contributed by atoms with Crippen molar-refractivity contribution in [2.24, 2.45) is 0 Å². The monoisotopic (exact) mass is 302 g/mol. The molecule has 3 nitrogen and oxygen atoms in total. The zero-order chi connectivity index (χ0) is 14.6. The van der Waals surface area contributed by atoms with E-state index >= 15 is 0 Å². The molecule has 1 aromatic rings. The summed E-state index contributed by atoms with van der Waals surface area (Å²) in [6, 6.07) is 5.48. The second-order valence-corrected chi connectivity index (χ2v) is 5.81. The lowest BCUT2D eigenvalue weighted by Gasteiger charge is -2.22. The molecule has 1 unspecified atom stereocenters. The molecule has 1 amide bonds. The van der Waals surface area contributed by atoms with E-state index in [0.29, 0.717) is 22.6 Å². The SMILES string of the molecule is CC(NC(=O)CN(C)C(C)C)c1ccc(Cl)cc1Cl. The van der Waals surface area contributed by atoms with Gasteiger partial charge in [-0.3, -0.25) is 9.69 Å². The van der Waals surface area contributed by atoms with Gasteiger partial charge in [0.25, 0.3) is 0 Å². The zero-order valence-corrected chi connectivity index (χ0v) is 13.2. The van der Waals surface area contributed by atoms with Crippen molar-refractivity contribution in [2.45, 2.75) is 32.9 Å². The summed E-state index contributed by atoms with van der Waals surface area (Å²) in [6.45, 7) is 6.37. The van der Waals surface area contributed by atoms with Crippen LogP contribution in [0.3, 0.4) is 0 Å². The summed E-state index contributed by atoms with van der Waals surface area (Å²) >= 11 is 12.0. The maximum Gasteiger partial charge on any atom is 0.234 e. The van der Waals surface area contributed by atoms with Gasteiger partial charge in [-0.2, -0.15) is 0 Å². The fourth-order valence-electron chi connectivity index (χ4n) is 1.63. The first kappa shape index (κ1) is 16.3. The van der Waals surface area contributed by atoms with E-state index in [2.05, 4.69) is 5.32 Å². The van der Waals surface area contributed by atoms with Crippen LogP contribution >= 0.6 is 23.2 Å². The summed E-state index contributed by atoms with van der Waals surface area (Å²) in [7, 11) is 1.92. The van der Waals surface area contributed by atoms with Crippen molar-refractivity contribution in [1.29, 1.82) is 0 Å². The number of carbonyl (C=O) groups excluding carboxylic acids is 1. The van der Waals surface area contributed by atoms with Crippen molar-refractivity contribution < 1.29 is 4.79 Å². The fraction of sp³-hybridized carbons (Fsp3) is 0.500. The number of carbonyl (C=O) groups is 1. The van der Waals surface area contributed by atoms with Crippen molar-refractivity contribution in [3.05, 3.63) is 33.8 Å². The van der Waals surface area contributed by atoms with E-state index in [4.69, 9.17) is 23.2 Å². The van der Waals surface area contributed by atoms with Crippen LogP contribution in [-0.2, 0) is 4.79 Å². The molecule has 1 atom stereocenters. The van der Waals surface area contributed by atoms with Gasteiger partial charge < -0.3 is 5.32 Å². The molecule has 0 heterocycles. The highest BCUT2D eigenvalue weighted by Gasteiger charge is 2.15. The number of nitrogens with one attached hydrogen (secondary N) is 1. The lowest BCUT2D eigenvalue weighted by Crippen LogP contribution is -2.39. The predicted octanol–water partition coefficient (Wildman–Crippen LogP) is 3.51. The lowest BCUT2D eigenvalue weighted by atomic mass is 10.1. The molecule has 1 N–H and O–H groups in total. The van der Waals surface area contributed by atoms with Crippen LogP contribution in [0.15, 0.2) is 18.2 Å². The zero-order valence-electron chi connectivity index (χ0n) is 11.7. The highest BCUT2D eigenvalue weighted by molar-refractivity contribution is 6.35. The van der Waals surface area contributed by atoms with Gasteiger partial charge >= 0.3 is 0 Å². The van der Waals surface area contributed by atoms with Crippen molar-refractivity contribution in [3.63, 3.8) is 0 Å². The van der Waals surface area contributed by atoms with Gasteiger partial charge in [-0.05, 0) is 45.5 Å². The molecule has 106 valence electrons. The number of hydrogen-bond acceptors (Lipinski definition) is 2. The molecule has 0 aliphatic rings. The fourth-order valence-corrected chi connectivity index (χ4v) is 2.20. The Morgan fingerprint density at radius 2 is 1.95 bits per heavy atom. The average molecular weight is 303 g/mol. The smallest absolute Gasteiger partial charge is 0.234 e. The van der Waals surface area contributed by atoms with E-state index in [1.807, 2.05) is 38.8 Å². The molecule has 0 saturated heterocycles. The number of rotatable bonds is 5. The van der Waals surface area contributed by atoms with Gasteiger partial charge in [0.2, 0.25) is 5.91 Å². The Morgan fingerprint density at radius 3 is 2.47 bits per heavy atom. The highest BCUT2D eigenvalue weighted by Crippen LogP contribution is 2.25. The Hall–Kier alpha value is -0.770. The quantitative estimate of drug-likeness (QED) is 0.903. The first-order valence-corrected chi connectivity index (χ1v) is 7.01. The van der Waals surface area contributed by atoms with E-state index in [0.717, 1.165) is 5.56 Å². The normalized spacial score (nSPS) is 12.8. The molecule has 1 aromatic carbocycles. The van der Waals surface area contributed by atoms with E-state index < -0.39 is 0 Å². The minimum absolute atomic E-state index is 0.0188. The van der Waals surface area contributed by atoms with Crippen LogP contribution in [0.25, 0.3) is 0 Å². The summed E-state index contributed by atoms with van der Waals surface area (Å²) in [5.74, 6) is -0.0188. The molecule has 0 aromatic heterocycles. The summed E-state index contributed by atoms with van der Waals surface area (Å²) in [4.78, 5) is 13.9. The van der Waals surface area contributed by atoms with Crippen molar-refractivity contribution >= 4 is 29.1 Å². The predicted molar refractivity (Wildman–Crippen MR) is 80.8 cm³/mol. The van der Waals surface area contributed by atoms with E-state index in [-0.39, 0.29) is 11.9 Å². The molecule has 5 heteroatoms. The third-order valence-electron chi connectivity index (χ3n) is 3.08. The molecule has 0 saturated carbocycles. The van der Waals surface area contributed by atoms with Crippen molar-refractivity contribution in [2.75, 3.05) is 13.6 Å². The Bertz CT molecular complexity index is 449. The van der Waals surface area contributed by atoms with Gasteiger partial charge in [-0.15, -0.1) is 0 Å². The first-order chi connectivity index (χ1) is 8.81. The summed E-state index contributed by atoms with van der Waals surface area (Å²) in [5, 5.41) is 4.09. The Balaban J connectivity index is 2.64. The number of halogens is 2. The van der Waals surface area contributed by atoms with Gasteiger partial charge in [0.1, 0.15) is 0 Å². The third kappa shape index (κ3) is 5.01. The molecule has 0 aliphatic carbocycles. The average Bonchev–Trinajstić information content (AvgIpc) is 2.27. The Morgan fingerprint density at radius 1 is 1.32 bits per heavy atom. The van der Waals surface area contributed by atoms with Crippen LogP contribution in [0, 0.1) is 0 Å². The van der Waals surface area contributed by atoms with Crippen molar-refractivity contribution in [1.82, 2.24) is 10.2 Å².